The van der Waals surface area contributed by atoms with Gasteiger partial charge in [-0.25, -0.2) is 10.8 Å². The SMILES string of the molecule is Cc1nnc(Sc2cccc(NN)n2)o1. The lowest BCUT2D eigenvalue weighted by atomic mass is 10.5. The molecule has 0 aliphatic heterocycles. The summed E-state index contributed by atoms with van der Waals surface area (Å²) in [5, 5.41) is 8.78. The van der Waals surface area contributed by atoms with Crippen LogP contribution >= 0.6 is 11.8 Å². The highest BCUT2D eigenvalue weighted by molar-refractivity contribution is 7.99. The standard InChI is InChI=1S/C8H9N5OS/c1-5-12-13-8(14-5)15-7-4-2-3-6(10-7)11-9/h2-4H,9H2,1H3,(H,10,11). The van der Waals surface area contributed by atoms with Crippen molar-refractivity contribution in [2.45, 2.75) is 17.2 Å². The highest BCUT2D eigenvalue weighted by Gasteiger charge is 2.06. The molecular weight excluding hydrogens is 214 g/mol. The van der Waals surface area contributed by atoms with E-state index in [0.29, 0.717) is 16.9 Å². The van der Waals surface area contributed by atoms with Crippen molar-refractivity contribution < 1.29 is 4.42 Å². The number of nitrogens with one attached hydrogen (secondary N) is 1. The molecule has 0 bridgehead atoms. The number of aromatic nitrogens is 3. The zero-order chi connectivity index (χ0) is 10.7. The third kappa shape index (κ3) is 2.45. The van der Waals surface area contributed by atoms with Crippen LogP contribution in [-0.2, 0) is 0 Å². The minimum atomic E-state index is 0.467. The molecule has 0 unspecified atom stereocenters. The average molecular weight is 223 g/mol. The van der Waals surface area contributed by atoms with Crippen LogP contribution in [0.4, 0.5) is 5.82 Å². The third-order valence-corrected chi connectivity index (χ3v) is 2.35. The molecule has 0 spiro atoms. The van der Waals surface area contributed by atoms with Crippen LogP contribution in [0.25, 0.3) is 0 Å². The Morgan fingerprint density at radius 1 is 1.40 bits per heavy atom. The molecule has 0 saturated heterocycles. The summed E-state index contributed by atoms with van der Waals surface area (Å²) in [5.74, 6) is 6.37. The molecule has 2 aromatic rings. The van der Waals surface area contributed by atoms with Crippen molar-refractivity contribution >= 4 is 17.6 Å². The number of anilines is 1. The lowest BCUT2D eigenvalue weighted by molar-refractivity contribution is 0.429. The van der Waals surface area contributed by atoms with Gasteiger partial charge in [0.1, 0.15) is 10.8 Å². The molecule has 2 aromatic heterocycles. The van der Waals surface area contributed by atoms with Crippen molar-refractivity contribution in [2.24, 2.45) is 5.84 Å². The van der Waals surface area contributed by atoms with E-state index in [1.165, 1.54) is 11.8 Å². The van der Waals surface area contributed by atoms with E-state index in [0.717, 1.165) is 5.03 Å². The number of hydrogen-bond acceptors (Lipinski definition) is 7. The summed E-state index contributed by atoms with van der Waals surface area (Å²) in [5.41, 5.74) is 2.47. The molecular formula is C8H9N5OS. The maximum Gasteiger partial charge on any atom is 0.282 e. The van der Waals surface area contributed by atoms with E-state index in [9.17, 15) is 0 Å². The number of pyridine rings is 1. The van der Waals surface area contributed by atoms with Gasteiger partial charge in [-0.3, -0.25) is 0 Å². The molecule has 7 heteroatoms. The lowest BCUT2D eigenvalue weighted by Gasteiger charge is -1.99. The van der Waals surface area contributed by atoms with Gasteiger partial charge in [0, 0.05) is 6.92 Å². The van der Waals surface area contributed by atoms with E-state index >= 15 is 0 Å². The second kappa shape index (κ2) is 4.28. The number of nitrogen functional groups attached to an aromatic ring is 1. The predicted octanol–water partition coefficient (Wildman–Crippen LogP) is 1.21. The van der Waals surface area contributed by atoms with Crippen molar-refractivity contribution in [1.82, 2.24) is 15.2 Å². The van der Waals surface area contributed by atoms with Crippen LogP contribution < -0.4 is 11.3 Å². The van der Waals surface area contributed by atoms with Crippen molar-refractivity contribution in [3.05, 3.63) is 24.1 Å². The summed E-state index contributed by atoms with van der Waals surface area (Å²) < 4.78 is 5.21. The molecule has 0 radical (unpaired) electrons. The Hall–Kier alpha value is -1.60. The third-order valence-electron chi connectivity index (χ3n) is 1.57. The fourth-order valence-corrected chi connectivity index (χ4v) is 1.67. The Morgan fingerprint density at radius 2 is 2.27 bits per heavy atom. The Labute approximate surface area is 90.3 Å². The minimum absolute atomic E-state index is 0.467. The minimum Gasteiger partial charge on any atom is -0.416 e. The highest BCUT2D eigenvalue weighted by atomic mass is 32.2. The number of nitrogens with zero attached hydrogens (tertiary/aromatic N) is 3. The van der Waals surface area contributed by atoms with Gasteiger partial charge in [0.15, 0.2) is 0 Å². The lowest BCUT2D eigenvalue weighted by Crippen LogP contribution is -2.08. The first-order chi connectivity index (χ1) is 7.28. The summed E-state index contributed by atoms with van der Waals surface area (Å²) in [6, 6.07) is 5.45. The van der Waals surface area contributed by atoms with Gasteiger partial charge in [-0.1, -0.05) is 6.07 Å². The fourth-order valence-electron chi connectivity index (χ4n) is 0.961. The topological polar surface area (TPSA) is 89.9 Å². The van der Waals surface area contributed by atoms with E-state index in [-0.39, 0.29) is 0 Å². The summed E-state index contributed by atoms with van der Waals surface area (Å²) in [6.07, 6.45) is 0. The molecule has 6 nitrogen and oxygen atoms in total. The van der Waals surface area contributed by atoms with E-state index in [2.05, 4.69) is 20.6 Å². The molecule has 0 fully saturated rings. The highest BCUT2D eigenvalue weighted by Crippen LogP contribution is 2.25. The van der Waals surface area contributed by atoms with Gasteiger partial charge < -0.3 is 9.84 Å². The molecule has 2 rings (SSSR count). The maximum atomic E-state index is 5.24. The molecule has 78 valence electrons. The van der Waals surface area contributed by atoms with E-state index in [1.54, 1.807) is 13.0 Å². The normalized spacial score (nSPS) is 10.3. The number of hydrogen-bond donors (Lipinski definition) is 2. The summed E-state index contributed by atoms with van der Waals surface area (Å²) >= 11 is 1.29. The predicted molar refractivity (Wildman–Crippen MR) is 55.2 cm³/mol. The summed E-state index contributed by atoms with van der Waals surface area (Å²) in [4.78, 5) is 4.19. The van der Waals surface area contributed by atoms with Crippen LogP contribution in [0, 0.1) is 6.92 Å². The van der Waals surface area contributed by atoms with Crippen LogP contribution in [0.1, 0.15) is 5.89 Å². The second-order valence-corrected chi connectivity index (χ2v) is 3.67. The molecule has 15 heavy (non-hydrogen) atoms. The van der Waals surface area contributed by atoms with Gasteiger partial charge >= 0.3 is 0 Å². The van der Waals surface area contributed by atoms with E-state index in [4.69, 9.17) is 10.3 Å². The van der Waals surface area contributed by atoms with Crippen LogP contribution in [0.2, 0.25) is 0 Å². The molecule has 3 N–H and O–H groups in total. The van der Waals surface area contributed by atoms with Crippen molar-refractivity contribution in [2.75, 3.05) is 5.43 Å². The molecule has 2 heterocycles. The first-order valence-corrected chi connectivity index (χ1v) is 5.01. The van der Waals surface area contributed by atoms with E-state index in [1.807, 2.05) is 12.1 Å². The number of nitrogens with two attached hydrogens (primary N) is 1. The molecule has 0 saturated carbocycles. The summed E-state index contributed by atoms with van der Waals surface area (Å²) in [7, 11) is 0. The Balaban J connectivity index is 2.16. The van der Waals surface area contributed by atoms with Crippen molar-refractivity contribution in [3.63, 3.8) is 0 Å². The zero-order valence-electron chi connectivity index (χ0n) is 7.97. The van der Waals surface area contributed by atoms with Gasteiger partial charge in [0.25, 0.3) is 5.22 Å². The van der Waals surface area contributed by atoms with Crippen molar-refractivity contribution in [1.29, 1.82) is 0 Å². The number of hydrazine groups is 1. The molecule has 0 atom stereocenters. The van der Waals surface area contributed by atoms with E-state index < -0.39 is 0 Å². The zero-order valence-corrected chi connectivity index (χ0v) is 8.78. The van der Waals surface area contributed by atoms with Crippen LogP contribution in [0.3, 0.4) is 0 Å². The smallest absolute Gasteiger partial charge is 0.282 e. The first-order valence-electron chi connectivity index (χ1n) is 4.19. The van der Waals surface area contributed by atoms with Crippen molar-refractivity contribution in [3.8, 4) is 0 Å². The van der Waals surface area contributed by atoms with Gasteiger partial charge in [-0.15, -0.1) is 10.2 Å². The Bertz CT molecular complexity index is 458. The second-order valence-electron chi connectivity index (χ2n) is 2.69. The van der Waals surface area contributed by atoms with Crippen LogP contribution in [-0.4, -0.2) is 15.2 Å². The quantitative estimate of drug-likeness (QED) is 0.597. The number of aryl methyl sites for hydroxylation is 1. The first kappa shape index (κ1) is 9.94. The molecule has 0 aliphatic carbocycles. The largest absolute Gasteiger partial charge is 0.416 e. The van der Waals surface area contributed by atoms with Gasteiger partial charge in [0.05, 0.1) is 0 Å². The van der Waals surface area contributed by atoms with Gasteiger partial charge in [-0.05, 0) is 23.9 Å². The fraction of sp³-hybridized carbons (Fsp3) is 0.125. The number of rotatable bonds is 3. The molecule has 0 aromatic carbocycles. The molecule has 0 aliphatic rings. The van der Waals surface area contributed by atoms with Crippen LogP contribution in [0.5, 0.6) is 0 Å². The monoisotopic (exact) mass is 223 g/mol. The van der Waals surface area contributed by atoms with Crippen LogP contribution in [0.15, 0.2) is 32.9 Å². The average Bonchev–Trinajstić information content (AvgIpc) is 2.64. The van der Waals surface area contributed by atoms with Gasteiger partial charge in [-0.2, -0.15) is 0 Å². The van der Waals surface area contributed by atoms with Gasteiger partial charge in [0.2, 0.25) is 5.89 Å². The Kier molecular flexibility index (Phi) is 2.84. The molecule has 0 amide bonds. The summed E-state index contributed by atoms with van der Waals surface area (Å²) in [6.45, 7) is 1.74. The Morgan fingerprint density at radius 3 is 2.93 bits per heavy atom. The maximum absolute atomic E-state index is 5.24.